The van der Waals surface area contributed by atoms with E-state index in [0.717, 1.165) is 16.8 Å². The van der Waals surface area contributed by atoms with Gasteiger partial charge in [0.25, 0.3) is 5.91 Å². The molecule has 1 unspecified atom stereocenters. The van der Waals surface area contributed by atoms with E-state index in [-0.39, 0.29) is 17.7 Å². The molecule has 5 nitrogen and oxygen atoms in total. The molecule has 5 heteroatoms. The van der Waals surface area contributed by atoms with E-state index in [9.17, 15) is 9.90 Å². The molecular weight excluding hydrogens is 362 g/mol. The Kier molecular flexibility index (Phi) is 5.12. The number of hydrogen-bond donors (Lipinski definition) is 1. The van der Waals surface area contributed by atoms with E-state index in [0.29, 0.717) is 17.9 Å². The quantitative estimate of drug-likeness (QED) is 0.694. The van der Waals surface area contributed by atoms with Gasteiger partial charge in [0.1, 0.15) is 5.75 Å². The third-order valence-corrected chi connectivity index (χ3v) is 5.20. The van der Waals surface area contributed by atoms with Crippen LogP contribution in [0.4, 0.5) is 0 Å². The summed E-state index contributed by atoms with van der Waals surface area (Å²) >= 11 is 0. The van der Waals surface area contributed by atoms with Gasteiger partial charge >= 0.3 is 0 Å². The Morgan fingerprint density at radius 2 is 1.83 bits per heavy atom. The van der Waals surface area contributed by atoms with Crippen LogP contribution in [0.1, 0.15) is 59.3 Å². The highest BCUT2D eigenvalue weighted by molar-refractivity contribution is 6.05. The molecule has 1 aliphatic rings. The Labute approximate surface area is 170 Å². The lowest BCUT2D eigenvalue weighted by atomic mass is 9.90. The molecule has 0 spiro atoms. The number of carbonyl (C=O) groups excluding carboxylic acids is 1. The summed E-state index contributed by atoms with van der Waals surface area (Å²) in [5.74, 6) is 0.368. The van der Waals surface area contributed by atoms with Crippen molar-refractivity contribution in [2.24, 2.45) is 5.10 Å². The molecular formula is C24H23N3O2. The number of rotatable bonds is 4. The van der Waals surface area contributed by atoms with Crippen LogP contribution in [-0.2, 0) is 0 Å². The van der Waals surface area contributed by atoms with E-state index in [2.05, 4.69) is 31.0 Å². The number of aromatic hydroxyl groups is 1. The van der Waals surface area contributed by atoms with Gasteiger partial charge in [-0.25, -0.2) is 5.01 Å². The molecule has 0 bridgehead atoms. The van der Waals surface area contributed by atoms with Crippen LogP contribution >= 0.6 is 0 Å². The number of pyridine rings is 1. The summed E-state index contributed by atoms with van der Waals surface area (Å²) in [6.45, 7) is 4.31. The normalized spacial score (nSPS) is 16.2. The lowest BCUT2D eigenvalue weighted by Gasteiger charge is -2.25. The van der Waals surface area contributed by atoms with Gasteiger partial charge in [0, 0.05) is 18.8 Å². The predicted molar refractivity (Wildman–Crippen MR) is 113 cm³/mol. The Morgan fingerprint density at radius 1 is 1.07 bits per heavy atom. The lowest BCUT2D eigenvalue weighted by Crippen LogP contribution is -2.28. The van der Waals surface area contributed by atoms with Crippen molar-refractivity contribution < 1.29 is 9.90 Å². The van der Waals surface area contributed by atoms with E-state index in [1.54, 1.807) is 41.7 Å². The number of nitrogens with zero attached hydrogens (tertiary/aromatic N) is 3. The van der Waals surface area contributed by atoms with E-state index < -0.39 is 0 Å². The largest absolute Gasteiger partial charge is 0.508 e. The number of amides is 1. The summed E-state index contributed by atoms with van der Waals surface area (Å²) in [4.78, 5) is 17.4. The van der Waals surface area contributed by atoms with Gasteiger partial charge in [-0.05, 0) is 59.0 Å². The number of phenols is 1. The van der Waals surface area contributed by atoms with Crippen LogP contribution in [0.25, 0.3) is 0 Å². The van der Waals surface area contributed by atoms with Gasteiger partial charge in [-0.3, -0.25) is 9.78 Å². The van der Waals surface area contributed by atoms with E-state index in [1.807, 2.05) is 24.3 Å². The fourth-order valence-corrected chi connectivity index (χ4v) is 3.73. The second-order valence-electron chi connectivity index (χ2n) is 7.49. The van der Waals surface area contributed by atoms with Crippen LogP contribution in [-0.4, -0.2) is 26.7 Å². The van der Waals surface area contributed by atoms with Crippen LogP contribution in [0.5, 0.6) is 5.75 Å². The second kappa shape index (κ2) is 7.87. The Morgan fingerprint density at radius 3 is 2.52 bits per heavy atom. The Bertz CT molecular complexity index is 1040. The average Bonchev–Trinajstić information content (AvgIpc) is 3.19. The summed E-state index contributed by atoms with van der Waals surface area (Å²) in [7, 11) is 0. The van der Waals surface area contributed by atoms with Crippen molar-refractivity contribution in [3.05, 3.63) is 95.3 Å². The molecule has 0 fully saturated rings. The zero-order chi connectivity index (χ0) is 20.4. The van der Waals surface area contributed by atoms with Gasteiger partial charge < -0.3 is 5.11 Å². The maximum atomic E-state index is 13.3. The molecule has 29 heavy (non-hydrogen) atoms. The van der Waals surface area contributed by atoms with Crippen molar-refractivity contribution in [1.29, 1.82) is 0 Å². The number of hydrazone groups is 1. The zero-order valence-corrected chi connectivity index (χ0v) is 16.5. The highest BCUT2D eigenvalue weighted by atomic mass is 16.3. The number of aromatic nitrogens is 1. The minimum atomic E-state index is -0.190. The van der Waals surface area contributed by atoms with Gasteiger partial charge in [-0.1, -0.05) is 38.1 Å². The number of hydrogen-bond acceptors (Lipinski definition) is 4. The second-order valence-corrected chi connectivity index (χ2v) is 7.49. The molecule has 2 heterocycles. The van der Waals surface area contributed by atoms with Crippen molar-refractivity contribution in [1.82, 2.24) is 9.99 Å². The van der Waals surface area contributed by atoms with Crippen LogP contribution in [0, 0.1) is 0 Å². The summed E-state index contributed by atoms with van der Waals surface area (Å²) in [5.41, 5.74) is 4.55. The molecule has 0 aliphatic carbocycles. The fraction of sp³-hybridized carbons (Fsp3) is 0.208. The third kappa shape index (κ3) is 3.76. The van der Waals surface area contributed by atoms with Crippen LogP contribution in [0.3, 0.4) is 0 Å². The molecule has 1 aliphatic heterocycles. The number of carbonyl (C=O) groups is 1. The molecule has 3 aromatic rings. The topological polar surface area (TPSA) is 65.8 Å². The summed E-state index contributed by atoms with van der Waals surface area (Å²) in [5, 5.41) is 15.9. The first-order chi connectivity index (χ1) is 14.0. The molecule has 1 aromatic heterocycles. The predicted octanol–water partition coefficient (Wildman–Crippen LogP) is 4.90. The molecule has 4 rings (SSSR count). The lowest BCUT2D eigenvalue weighted by molar-refractivity contribution is 0.0710. The van der Waals surface area contributed by atoms with Gasteiger partial charge in [0.2, 0.25) is 0 Å². The average molecular weight is 385 g/mol. The monoisotopic (exact) mass is 385 g/mol. The highest BCUT2D eigenvalue weighted by Crippen LogP contribution is 2.37. The molecule has 0 saturated heterocycles. The molecule has 0 radical (unpaired) electrons. The summed E-state index contributed by atoms with van der Waals surface area (Å²) in [6, 6.07) is 18.5. The molecule has 0 saturated carbocycles. The molecule has 1 N–H and O–H groups in total. The van der Waals surface area contributed by atoms with E-state index in [4.69, 9.17) is 5.10 Å². The number of benzene rings is 2. The molecule has 146 valence electrons. The van der Waals surface area contributed by atoms with Crippen molar-refractivity contribution in [3.63, 3.8) is 0 Å². The van der Waals surface area contributed by atoms with Crippen molar-refractivity contribution in [2.45, 2.75) is 32.2 Å². The minimum absolute atomic E-state index is 0.171. The number of phenolic OH excluding ortho intramolecular Hbond substituents is 1. The van der Waals surface area contributed by atoms with Gasteiger partial charge in [0.05, 0.1) is 17.3 Å². The van der Waals surface area contributed by atoms with Crippen LogP contribution in [0.2, 0.25) is 0 Å². The summed E-state index contributed by atoms with van der Waals surface area (Å²) in [6.07, 6.45) is 3.83. The van der Waals surface area contributed by atoms with Gasteiger partial charge in [-0.15, -0.1) is 0 Å². The van der Waals surface area contributed by atoms with Crippen molar-refractivity contribution in [3.8, 4) is 5.75 Å². The first kappa shape index (κ1) is 18.9. The minimum Gasteiger partial charge on any atom is -0.508 e. The fourth-order valence-electron chi connectivity index (χ4n) is 3.73. The first-order valence-electron chi connectivity index (χ1n) is 9.74. The van der Waals surface area contributed by atoms with Gasteiger partial charge in [-0.2, -0.15) is 5.10 Å². The molecule has 1 amide bonds. The highest BCUT2D eigenvalue weighted by Gasteiger charge is 2.35. The Balaban J connectivity index is 1.77. The van der Waals surface area contributed by atoms with E-state index in [1.165, 1.54) is 5.56 Å². The SMILES string of the molecule is CC(C)c1ccccc1C1CC(c2ccc(O)cc2)=NN1C(=O)c1cccnc1. The standard InChI is InChI=1S/C24H23N3O2/c1-16(2)20-7-3-4-8-21(20)23-14-22(17-9-11-19(28)12-10-17)26-27(23)24(29)18-6-5-13-25-15-18/h3-13,15-16,23,28H,14H2,1-2H3. The molecule has 2 aromatic carbocycles. The molecule has 1 atom stereocenters. The van der Waals surface area contributed by atoms with Crippen LogP contribution in [0.15, 0.2) is 78.2 Å². The van der Waals surface area contributed by atoms with Crippen LogP contribution < -0.4 is 0 Å². The van der Waals surface area contributed by atoms with E-state index >= 15 is 0 Å². The smallest absolute Gasteiger partial charge is 0.276 e. The Hall–Kier alpha value is -3.47. The zero-order valence-electron chi connectivity index (χ0n) is 16.5. The maximum Gasteiger partial charge on any atom is 0.276 e. The maximum absolute atomic E-state index is 13.3. The first-order valence-corrected chi connectivity index (χ1v) is 9.74. The summed E-state index contributed by atoms with van der Waals surface area (Å²) < 4.78 is 0. The van der Waals surface area contributed by atoms with Crippen molar-refractivity contribution in [2.75, 3.05) is 0 Å². The van der Waals surface area contributed by atoms with Gasteiger partial charge in [0.15, 0.2) is 0 Å². The third-order valence-electron chi connectivity index (χ3n) is 5.20. The van der Waals surface area contributed by atoms with Crippen molar-refractivity contribution >= 4 is 11.6 Å².